The fraction of sp³-hybridized carbons (Fsp3) is 0.474. The lowest BCUT2D eigenvalue weighted by molar-refractivity contribution is 0.0789. The van der Waals surface area contributed by atoms with E-state index in [0.29, 0.717) is 5.56 Å². The molecule has 2 aliphatic carbocycles. The number of aryl methyl sites for hydroxylation is 2. The van der Waals surface area contributed by atoms with Crippen molar-refractivity contribution < 1.29 is 14.1 Å². The number of urea groups is 1. The monoisotopic (exact) mass is 420 g/mol. The molecule has 0 unspecified atom stereocenters. The van der Waals surface area contributed by atoms with Gasteiger partial charge in [0.05, 0.1) is 11.3 Å². The van der Waals surface area contributed by atoms with Gasteiger partial charge >= 0.3 is 6.03 Å². The molecule has 2 heterocycles. The number of anilines is 1. The van der Waals surface area contributed by atoms with Gasteiger partial charge in [0.25, 0.3) is 0 Å². The summed E-state index contributed by atoms with van der Waals surface area (Å²) in [4.78, 5) is 17.4. The Hall–Kier alpha value is -1.81. The highest BCUT2D eigenvalue weighted by Gasteiger charge is 2.27. The summed E-state index contributed by atoms with van der Waals surface area (Å²) in [5, 5.41) is 20.5. The van der Waals surface area contributed by atoms with Crippen molar-refractivity contribution in [1.82, 2.24) is 4.98 Å². The molecule has 0 saturated carbocycles. The largest absolute Gasteiger partial charge is 0.386 e. The van der Waals surface area contributed by atoms with Crippen molar-refractivity contribution in [2.24, 2.45) is 9.50 Å². The van der Waals surface area contributed by atoms with Gasteiger partial charge in [-0.05, 0) is 80.5 Å². The molecule has 4 N–H and O–H groups in total. The topological polar surface area (TPSA) is 118 Å². The van der Waals surface area contributed by atoms with Crippen LogP contribution >= 0.6 is 11.3 Å². The predicted octanol–water partition coefficient (Wildman–Crippen LogP) is 3.28. The van der Waals surface area contributed by atoms with E-state index in [1.54, 1.807) is 25.3 Å². The number of carbonyl (C=O) groups is 1. The number of aromatic nitrogens is 1. The van der Waals surface area contributed by atoms with E-state index in [1.165, 1.54) is 0 Å². The van der Waals surface area contributed by atoms with Crippen LogP contribution in [0.3, 0.4) is 0 Å². The van der Waals surface area contributed by atoms with E-state index >= 15 is 0 Å². The number of amides is 2. The molecule has 28 heavy (non-hydrogen) atoms. The van der Waals surface area contributed by atoms with Gasteiger partial charge < -0.3 is 10.4 Å². The van der Waals surface area contributed by atoms with Crippen molar-refractivity contribution in [3.8, 4) is 0 Å². The van der Waals surface area contributed by atoms with Crippen molar-refractivity contribution in [2.45, 2.75) is 62.2 Å². The fourth-order valence-corrected chi connectivity index (χ4v) is 6.11. The Bertz CT molecular complexity index is 1040. The molecule has 2 aromatic rings. The number of pyridine rings is 1. The zero-order valence-corrected chi connectivity index (χ0v) is 17.6. The molecule has 2 aromatic heterocycles. The summed E-state index contributed by atoms with van der Waals surface area (Å²) in [7, 11) is -3.39. The number of hydrogen-bond donors (Lipinski definition) is 3. The maximum atomic E-state index is 12.9. The van der Waals surface area contributed by atoms with Crippen molar-refractivity contribution in [3.63, 3.8) is 0 Å². The second-order valence-electron chi connectivity index (χ2n) is 7.85. The van der Waals surface area contributed by atoms with Crippen LogP contribution in [0.15, 0.2) is 20.0 Å². The van der Waals surface area contributed by atoms with Crippen LogP contribution < -0.4 is 10.5 Å². The first-order valence-electron chi connectivity index (χ1n) is 9.36. The first-order valence-corrected chi connectivity index (χ1v) is 11.8. The summed E-state index contributed by atoms with van der Waals surface area (Å²) in [6.45, 7) is 3.26. The Kier molecular flexibility index (Phi) is 4.81. The van der Waals surface area contributed by atoms with Gasteiger partial charge in [0.15, 0.2) is 9.92 Å². The van der Waals surface area contributed by atoms with Gasteiger partial charge in [0, 0.05) is 11.4 Å². The van der Waals surface area contributed by atoms with Crippen LogP contribution in [0.4, 0.5) is 10.5 Å². The predicted molar refractivity (Wildman–Crippen MR) is 110 cm³/mol. The second-order valence-corrected chi connectivity index (χ2v) is 10.8. The lowest BCUT2D eigenvalue weighted by Gasteiger charge is -2.14. The minimum absolute atomic E-state index is 0.268. The summed E-state index contributed by atoms with van der Waals surface area (Å²) < 4.78 is 16.9. The van der Waals surface area contributed by atoms with Gasteiger partial charge in [-0.3, -0.25) is 4.98 Å². The van der Waals surface area contributed by atoms with Crippen LogP contribution in [-0.4, -0.2) is 20.3 Å². The van der Waals surface area contributed by atoms with Crippen LogP contribution in [0.2, 0.25) is 0 Å². The fourth-order valence-electron chi connectivity index (χ4n) is 3.83. The van der Waals surface area contributed by atoms with Crippen molar-refractivity contribution in [1.29, 1.82) is 0 Å². The molecule has 0 aromatic carbocycles. The molecule has 150 valence electrons. The zero-order chi connectivity index (χ0) is 20.1. The summed E-state index contributed by atoms with van der Waals surface area (Å²) >= 11 is 1.13. The van der Waals surface area contributed by atoms with Crippen LogP contribution in [0.25, 0.3) is 0 Å². The van der Waals surface area contributed by atoms with Gasteiger partial charge in [-0.15, -0.1) is 15.7 Å². The molecule has 0 aliphatic heterocycles. The molecular weight excluding hydrogens is 396 g/mol. The van der Waals surface area contributed by atoms with E-state index in [9.17, 15) is 14.1 Å². The van der Waals surface area contributed by atoms with Gasteiger partial charge in [0.1, 0.15) is 4.21 Å². The number of thiophene rings is 1. The van der Waals surface area contributed by atoms with Gasteiger partial charge in [0.2, 0.25) is 0 Å². The summed E-state index contributed by atoms with van der Waals surface area (Å²) in [5.41, 5.74) is 4.56. The third kappa shape index (κ3) is 3.59. The Labute approximate surface area is 168 Å². The third-order valence-electron chi connectivity index (χ3n) is 5.27. The highest BCUT2D eigenvalue weighted by molar-refractivity contribution is 7.93. The highest BCUT2D eigenvalue weighted by Crippen LogP contribution is 2.36. The van der Waals surface area contributed by atoms with Crippen LogP contribution in [0.5, 0.6) is 0 Å². The third-order valence-corrected chi connectivity index (χ3v) is 8.13. The van der Waals surface area contributed by atoms with Crippen molar-refractivity contribution in [3.05, 3.63) is 39.5 Å². The van der Waals surface area contributed by atoms with E-state index in [-0.39, 0.29) is 4.21 Å². The van der Waals surface area contributed by atoms with Gasteiger partial charge in [-0.1, -0.05) is 0 Å². The molecular formula is C19H24N4O3S2. The molecule has 2 amide bonds. The molecule has 1 atom stereocenters. The van der Waals surface area contributed by atoms with E-state index in [1.807, 2.05) is 0 Å². The van der Waals surface area contributed by atoms with Crippen molar-refractivity contribution >= 4 is 33.0 Å². The lowest BCUT2D eigenvalue weighted by atomic mass is 10.0. The standard InChI is InChI=1S/C19H24N4O3S2/c1-19(2,25)11-9-16(27-10-11)28(20,26)23-18(24)22-17-12-5-3-7-14(12)21-15-8-4-6-13(15)17/h9-10,25H,3-8H2,1-2H3,(H3,20,21,22,23,24,26)/t28-/m0/s1. The van der Waals surface area contributed by atoms with E-state index in [4.69, 9.17) is 10.1 Å². The van der Waals surface area contributed by atoms with E-state index < -0.39 is 21.5 Å². The maximum Gasteiger partial charge on any atom is 0.354 e. The molecule has 2 aliphatic rings. The molecule has 4 rings (SSSR count). The SMILES string of the molecule is CC(C)(O)c1csc([S@@](N)(=O)=NC(=O)Nc2c3c(nc4c2CCC4)CCC3)c1. The van der Waals surface area contributed by atoms with E-state index in [2.05, 4.69) is 9.68 Å². The number of carbonyl (C=O) groups excluding carboxylic acids is 1. The molecule has 0 spiro atoms. The first kappa shape index (κ1) is 19.5. The average Bonchev–Trinajstić information content (AvgIpc) is 3.33. The number of fused-ring (bicyclic) bond motifs is 2. The smallest absolute Gasteiger partial charge is 0.354 e. The first-order chi connectivity index (χ1) is 13.1. The van der Waals surface area contributed by atoms with Gasteiger partial charge in [-0.25, -0.2) is 14.1 Å². The Morgan fingerprint density at radius 3 is 2.39 bits per heavy atom. The zero-order valence-electron chi connectivity index (χ0n) is 15.9. The minimum Gasteiger partial charge on any atom is -0.386 e. The number of hydrogen-bond acceptors (Lipinski definition) is 5. The Balaban J connectivity index is 1.65. The molecule has 0 saturated heterocycles. The second kappa shape index (κ2) is 6.91. The summed E-state index contributed by atoms with van der Waals surface area (Å²) in [5.74, 6) is 0. The number of rotatable bonds is 3. The number of nitrogens with zero attached hydrogens (tertiary/aromatic N) is 2. The van der Waals surface area contributed by atoms with Crippen LogP contribution in [0, 0.1) is 0 Å². The normalized spacial score (nSPS) is 17.7. The Morgan fingerprint density at radius 1 is 1.25 bits per heavy atom. The quantitative estimate of drug-likeness (QED) is 0.706. The number of aliphatic hydroxyl groups is 1. The molecule has 7 nitrogen and oxygen atoms in total. The molecule has 0 fully saturated rings. The van der Waals surface area contributed by atoms with Crippen molar-refractivity contribution in [2.75, 3.05) is 5.32 Å². The lowest BCUT2D eigenvalue weighted by Crippen LogP contribution is -2.19. The number of nitrogens with two attached hydrogens (primary N) is 1. The molecule has 0 bridgehead atoms. The van der Waals surface area contributed by atoms with Crippen LogP contribution in [-0.2, 0) is 41.2 Å². The van der Waals surface area contributed by atoms with Gasteiger partial charge in [-0.2, -0.15) is 0 Å². The van der Waals surface area contributed by atoms with E-state index in [0.717, 1.165) is 78.1 Å². The minimum atomic E-state index is -3.39. The highest BCUT2D eigenvalue weighted by atomic mass is 32.2. The molecule has 9 heteroatoms. The summed E-state index contributed by atoms with van der Waals surface area (Å²) in [6.07, 6.45) is 5.64. The summed E-state index contributed by atoms with van der Waals surface area (Å²) in [6, 6.07) is 0.839. The molecule has 0 radical (unpaired) electrons. The average molecular weight is 421 g/mol. The number of nitrogens with one attached hydrogen (secondary N) is 1. The Morgan fingerprint density at radius 2 is 1.86 bits per heavy atom. The van der Waals surface area contributed by atoms with Crippen LogP contribution in [0.1, 0.15) is 54.8 Å². The maximum absolute atomic E-state index is 12.9.